The standard InChI is InChI=1S/C21H32ClN5O2/c1-15-16(22)8-7-9-17(15)26-18(28)10-13-24-20(23-2)25-14-21(11-5-6-12-21)19(29)27(3)4/h7-9H,5-6,10-14H2,1-4H3,(H,26,28)(H2,23,24,25). The summed E-state index contributed by atoms with van der Waals surface area (Å²) in [7, 11) is 5.28. The summed E-state index contributed by atoms with van der Waals surface area (Å²) in [5, 5.41) is 9.92. The van der Waals surface area contributed by atoms with Crippen LogP contribution in [0.4, 0.5) is 5.69 Å². The molecule has 0 aromatic heterocycles. The summed E-state index contributed by atoms with van der Waals surface area (Å²) in [6.45, 7) is 2.84. The van der Waals surface area contributed by atoms with Gasteiger partial charge in [-0.3, -0.25) is 14.6 Å². The summed E-state index contributed by atoms with van der Waals surface area (Å²) >= 11 is 6.09. The number of carbonyl (C=O) groups excluding carboxylic acids is 2. The van der Waals surface area contributed by atoms with Crippen molar-refractivity contribution in [2.75, 3.05) is 39.5 Å². The average Bonchev–Trinajstić information content (AvgIpc) is 3.17. The van der Waals surface area contributed by atoms with E-state index in [1.807, 2.05) is 19.1 Å². The molecule has 0 bridgehead atoms. The van der Waals surface area contributed by atoms with Crippen LogP contribution in [0.2, 0.25) is 5.02 Å². The Morgan fingerprint density at radius 2 is 1.90 bits per heavy atom. The zero-order valence-electron chi connectivity index (χ0n) is 17.8. The zero-order chi connectivity index (χ0) is 21.4. The average molecular weight is 422 g/mol. The molecule has 1 aromatic rings. The van der Waals surface area contributed by atoms with Gasteiger partial charge in [-0.2, -0.15) is 0 Å². The summed E-state index contributed by atoms with van der Waals surface area (Å²) in [6, 6.07) is 5.43. The van der Waals surface area contributed by atoms with Crippen LogP contribution < -0.4 is 16.0 Å². The highest BCUT2D eigenvalue weighted by atomic mass is 35.5. The molecule has 1 fully saturated rings. The van der Waals surface area contributed by atoms with E-state index in [1.165, 1.54) is 0 Å². The molecule has 0 heterocycles. The highest BCUT2D eigenvalue weighted by Crippen LogP contribution is 2.38. The van der Waals surface area contributed by atoms with Crippen LogP contribution in [0.3, 0.4) is 0 Å². The van der Waals surface area contributed by atoms with Gasteiger partial charge in [0.15, 0.2) is 5.96 Å². The molecule has 7 nitrogen and oxygen atoms in total. The van der Waals surface area contributed by atoms with Crippen molar-refractivity contribution in [1.29, 1.82) is 0 Å². The molecular formula is C21H32ClN5O2. The minimum Gasteiger partial charge on any atom is -0.356 e. The Labute approximate surface area is 178 Å². The summed E-state index contributed by atoms with van der Waals surface area (Å²) < 4.78 is 0. The second kappa shape index (κ2) is 10.5. The first kappa shape index (κ1) is 23.0. The van der Waals surface area contributed by atoms with Crippen molar-refractivity contribution < 1.29 is 9.59 Å². The largest absolute Gasteiger partial charge is 0.356 e. The number of hydrogen-bond acceptors (Lipinski definition) is 3. The van der Waals surface area contributed by atoms with E-state index in [0.29, 0.717) is 24.1 Å². The third kappa shape index (κ3) is 6.10. The molecule has 3 N–H and O–H groups in total. The molecule has 0 unspecified atom stereocenters. The Bertz CT molecular complexity index is 757. The fourth-order valence-corrected chi connectivity index (χ4v) is 3.89. The zero-order valence-corrected chi connectivity index (χ0v) is 18.5. The summed E-state index contributed by atoms with van der Waals surface area (Å²) in [5.74, 6) is 0.650. The number of carbonyl (C=O) groups is 2. The van der Waals surface area contributed by atoms with Gasteiger partial charge in [0.05, 0.1) is 5.41 Å². The number of rotatable bonds is 7. The lowest BCUT2D eigenvalue weighted by atomic mass is 9.84. The minimum atomic E-state index is -0.372. The van der Waals surface area contributed by atoms with Crippen molar-refractivity contribution in [1.82, 2.24) is 15.5 Å². The molecule has 160 valence electrons. The molecule has 0 saturated heterocycles. The number of anilines is 1. The first-order chi connectivity index (χ1) is 13.8. The lowest BCUT2D eigenvalue weighted by molar-refractivity contribution is -0.138. The molecule has 29 heavy (non-hydrogen) atoms. The number of halogens is 1. The molecule has 1 saturated carbocycles. The number of hydrogen-bond donors (Lipinski definition) is 3. The summed E-state index contributed by atoms with van der Waals surface area (Å²) in [4.78, 5) is 30.8. The molecule has 0 atom stereocenters. The molecule has 1 aliphatic rings. The van der Waals surface area contributed by atoms with E-state index in [2.05, 4.69) is 20.9 Å². The summed E-state index contributed by atoms with van der Waals surface area (Å²) in [5.41, 5.74) is 1.19. The van der Waals surface area contributed by atoms with Crippen molar-refractivity contribution in [3.8, 4) is 0 Å². The number of nitrogens with one attached hydrogen (secondary N) is 3. The number of nitrogens with zero attached hydrogens (tertiary/aromatic N) is 2. The van der Waals surface area contributed by atoms with Gasteiger partial charge < -0.3 is 20.9 Å². The Balaban J connectivity index is 1.82. The number of guanidine groups is 1. The first-order valence-corrected chi connectivity index (χ1v) is 10.4. The highest BCUT2D eigenvalue weighted by molar-refractivity contribution is 6.31. The van der Waals surface area contributed by atoms with Crippen LogP contribution in [-0.4, -0.2) is 56.9 Å². The molecule has 0 spiro atoms. The van der Waals surface area contributed by atoms with Crippen LogP contribution in [0.5, 0.6) is 0 Å². The third-order valence-electron chi connectivity index (χ3n) is 5.42. The second-order valence-corrected chi connectivity index (χ2v) is 8.16. The van der Waals surface area contributed by atoms with E-state index in [9.17, 15) is 9.59 Å². The topological polar surface area (TPSA) is 85.8 Å². The predicted octanol–water partition coefficient (Wildman–Crippen LogP) is 2.79. The van der Waals surface area contributed by atoms with Crippen molar-refractivity contribution in [3.05, 3.63) is 28.8 Å². The first-order valence-electron chi connectivity index (χ1n) is 10.0. The fraction of sp³-hybridized carbons (Fsp3) is 0.571. The normalized spacial score (nSPS) is 15.7. The van der Waals surface area contributed by atoms with Gasteiger partial charge in [-0.05, 0) is 37.5 Å². The van der Waals surface area contributed by atoms with E-state index in [4.69, 9.17) is 11.6 Å². The number of amides is 2. The molecular weight excluding hydrogens is 390 g/mol. The van der Waals surface area contributed by atoms with Gasteiger partial charge in [0.1, 0.15) is 0 Å². The van der Waals surface area contributed by atoms with Gasteiger partial charge in [-0.25, -0.2) is 0 Å². The lowest BCUT2D eigenvalue weighted by Crippen LogP contribution is -2.49. The molecule has 8 heteroatoms. The minimum absolute atomic E-state index is 0.103. The van der Waals surface area contributed by atoms with Crippen LogP contribution in [0, 0.1) is 12.3 Å². The van der Waals surface area contributed by atoms with Gasteiger partial charge in [0.25, 0.3) is 0 Å². The van der Waals surface area contributed by atoms with Crippen molar-refractivity contribution >= 4 is 35.1 Å². The lowest BCUT2D eigenvalue weighted by Gasteiger charge is -2.31. The SMILES string of the molecule is CN=C(NCCC(=O)Nc1cccc(Cl)c1C)NCC1(C(=O)N(C)C)CCCC1. The number of benzene rings is 1. The van der Waals surface area contributed by atoms with Gasteiger partial charge in [-0.15, -0.1) is 0 Å². The third-order valence-corrected chi connectivity index (χ3v) is 5.83. The Morgan fingerprint density at radius 3 is 2.52 bits per heavy atom. The molecule has 0 radical (unpaired) electrons. The van der Waals surface area contributed by atoms with E-state index in [0.717, 1.165) is 36.9 Å². The maximum atomic E-state index is 12.7. The van der Waals surface area contributed by atoms with Crippen LogP contribution in [-0.2, 0) is 9.59 Å². The van der Waals surface area contributed by atoms with Crippen LogP contribution in [0.1, 0.15) is 37.7 Å². The highest BCUT2D eigenvalue weighted by Gasteiger charge is 2.42. The maximum Gasteiger partial charge on any atom is 0.230 e. The van der Waals surface area contributed by atoms with Crippen LogP contribution >= 0.6 is 11.6 Å². The predicted molar refractivity (Wildman–Crippen MR) is 118 cm³/mol. The van der Waals surface area contributed by atoms with E-state index in [-0.39, 0.29) is 23.7 Å². The van der Waals surface area contributed by atoms with Gasteiger partial charge >= 0.3 is 0 Å². The number of aliphatic imine (C=N–C) groups is 1. The second-order valence-electron chi connectivity index (χ2n) is 7.75. The van der Waals surface area contributed by atoms with E-state index in [1.54, 1.807) is 32.1 Å². The monoisotopic (exact) mass is 421 g/mol. The van der Waals surface area contributed by atoms with Gasteiger partial charge in [0, 0.05) is 51.4 Å². The fourth-order valence-electron chi connectivity index (χ4n) is 3.72. The van der Waals surface area contributed by atoms with Gasteiger partial charge in [0.2, 0.25) is 11.8 Å². The molecule has 1 aromatic carbocycles. The van der Waals surface area contributed by atoms with Crippen LogP contribution in [0.15, 0.2) is 23.2 Å². The maximum absolute atomic E-state index is 12.7. The summed E-state index contributed by atoms with van der Waals surface area (Å²) in [6.07, 6.45) is 4.19. The Morgan fingerprint density at radius 1 is 1.21 bits per heavy atom. The van der Waals surface area contributed by atoms with Crippen molar-refractivity contribution in [3.63, 3.8) is 0 Å². The molecule has 0 aliphatic heterocycles. The van der Waals surface area contributed by atoms with E-state index < -0.39 is 0 Å². The van der Waals surface area contributed by atoms with Crippen molar-refractivity contribution in [2.45, 2.75) is 39.0 Å². The quantitative estimate of drug-likeness (QED) is 0.466. The Hall–Kier alpha value is -2.28. The Kier molecular flexibility index (Phi) is 8.32. The molecule has 1 aliphatic carbocycles. The van der Waals surface area contributed by atoms with Crippen molar-refractivity contribution in [2.24, 2.45) is 10.4 Å². The van der Waals surface area contributed by atoms with Crippen LogP contribution in [0.25, 0.3) is 0 Å². The van der Waals surface area contributed by atoms with Gasteiger partial charge in [-0.1, -0.05) is 30.5 Å². The molecule has 2 rings (SSSR count). The van der Waals surface area contributed by atoms with E-state index >= 15 is 0 Å². The molecule has 2 amide bonds. The smallest absolute Gasteiger partial charge is 0.230 e.